The van der Waals surface area contributed by atoms with Crippen molar-refractivity contribution >= 4 is 0 Å². The van der Waals surface area contributed by atoms with E-state index in [0.29, 0.717) is 5.41 Å². The molecule has 0 heterocycles. The lowest BCUT2D eigenvalue weighted by Gasteiger charge is -2.42. The summed E-state index contributed by atoms with van der Waals surface area (Å²) >= 11 is 0. The molecule has 0 heteroatoms. The van der Waals surface area contributed by atoms with Gasteiger partial charge in [-0.1, -0.05) is 34.6 Å². The van der Waals surface area contributed by atoms with Crippen molar-refractivity contribution in [2.75, 3.05) is 0 Å². The van der Waals surface area contributed by atoms with Crippen molar-refractivity contribution in [3.63, 3.8) is 0 Å². The molecule has 12 heavy (non-hydrogen) atoms. The predicted molar refractivity (Wildman–Crippen MR) is 55.1 cm³/mol. The van der Waals surface area contributed by atoms with Crippen molar-refractivity contribution in [2.45, 2.75) is 53.9 Å². The minimum Gasteiger partial charge on any atom is -0.0625 e. The average molecular weight is 168 g/mol. The van der Waals surface area contributed by atoms with Crippen molar-refractivity contribution in [2.24, 2.45) is 23.2 Å². The van der Waals surface area contributed by atoms with Crippen LogP contribution in [-0.4, -0.2) is 0 Å². The summed E-state index contributed by atoms with van der Waals surface area (Å²) in [6.45, 7) is 12.0. The minimum atomic E-state index is 0.590. The van der Waals surface area contributed by atoms with E-state index in [1.54, 1.807) is 0 Å². The van der Waals surface area contributed by atoms with Gasteiger partial charge < -0.3 is 0 Å². The van der Waals surface area contributed by atoms with E-state index in [1.165, 1.54) is 19.3 Å². The lowest BCUT2D eigenvalue weighted by molar-refractivity contribution is 0.0854. The van der Waals surface area contributed by atoms with Crippen LogP contribution in [-0.2, 0) is 0 Å². The summed E-state index contributed by atoms with van der Waals surface area (Å²) in [4.78, 5) is 0. The van der Waals surface area contributed by atoms with Crippen LogP contribution in [0.1, 0.15) is 53.9 Å². The zero-order chi connectivity index (χ0) is 9.35. The number of hydrogen-bond acceptors (Lipinski definition) is 0. The molecule has 0 spiro atoms. The molecule has 1 fully saturated rings. The predicted octanol–water partition coefficient (Wildman–Crippen LogP) is 4.10. The summed E-state index contributed by atoms with van der Waals surface area (Å²) in [5, 5.41) is 0. The van der Waals surface area contributed by atoms with Crippen LogP contribution >= 0.6 is 0 Å². The molecule has 0 saturated heterocycles. The molecule has 0 N–H and O–H groups in total. The largest absolute Gasteiger partial charge is 0.0625 e. The van der Waals surface area contributed by atoms with Crippen LogP contribution in [0.5, 0.6) is 0 Å². The Morgan fingerprint density at radius 1 is 1.17 bits per heavy atom. The zero-order valence-corrected chi connectivity index (χ0v) is 9.35. The van der Waals surface area contributed by atoms with Crippen molar-refractivity contribution < 1.29 is 0 Å². The topological polar surface area (TPSA) is 0 Å². The molecule has 1 saturated carbocycles. The van der Waals surface area contributed by atoms with E-state index in [0.717, 1.165) is 17.8 Å². The normalized spacial score (nSPS) is 35.5. The summed E-state index contributed by atoms with van der Waals surface area (Å²) < 4.78 is 0. The van der Waals surface area contributed by atoms with E-state index in [9.17, 15) is 0 Å². The third-order valence-corrected chi connectivity index (χ3v) is 4.04. The van der Waals surface area contributed by atoms with E-state index in [1.807, 2.05) is 0 Å². The van der Waals surface area contributed by atoms with Gasteiger partial charge in [0.05, 0.1) is 0 Å². The Morgan fingerprint density at radius 2 is 1.75 bits per heavy atom. The number of hydrogen-bond donors (Lipinski definition) is 0. The van der Waals surface area contributed by atoms with Crippen LogP contribution in [0.25, 0.3) is 0 Å². The monoisotopic (exact) mass is 168 g/mol. The smallest absolute Gasteiger partial charge is 0.0326 e. The van der Waals surface area contributed by atoms with Gasteiger partial charge in [-0.15, -0.1) is 0 Å². The second kappa shape index (κ2) is 3.40. The van der Waals surface area contributed by atoms with Crippen LogP contribution in [0.2, 0.25) is 0 Å². The van der Waals surface area contributed by atoms with Gasteiger partial charge in [0.25, 0.3) is 0 Å². The second-order valence-electron chi connectivity index (χ2n) is 5.68. The van der Waals surface area contributed by atoms with Crippen molar-refractivity contribution in [3.8, 4) is 0 Å². The van der Waals surface area contributed by atoms with E-state index in [2.05, 4.69) is 34.6 Å². The Bertz CT molecular complexity index is 144. The van der Waals surface area contributed by atoms with Crippen LogP contribution in [0.15, 0.2) is 0 Å². The van der Waals surface area contributed by atoms with E-state index >= 15 is 0 Å². The molecule has 1 aliphatic rings. The molecule has 0 radical (unpaired) electrons. The second-order valence-corrected chi connectivity index (χ2v) is 5.68. The summed E-state index contributed by atoms with van der Waals surface area (Å²) in [6, 6.07) is 0. The Balaban J connectivity index is 2.57. The van der Waals surface area contributed by atoms with Crippen LogP contribution in [0, 0.1) is 23.2 Å². The van der Waals surface area contributed by atoms with Crippen molar-refractivity contribution in [1.82, 2.24) is 0 Å². The molecule has 1 aliphatic carbocycles. The SMILES string of the molecule is CC(C)C1CCC(C)C(C)(C)C1. The molecular formula is C12H24. The first-order chi connectivity index (χ1) is 5.43. The molecule has 0 nitrogen and oxygen atoms in total. The highest BCUT2D eigenvalue weighted by Gasteiger charge is 2.34. The maximum atomic E-state index is 2.44. The molecule has 2 unspecified atom stereocenters. The maximum absolute atomic E-state index is 2.44. The lowest BCUT2D eigenvalue weighted by Crippen LogP contribution is -2.32. The van der Waals surface area contributed by atoms with Gasteiger partial charge in [-0.3, -0.25) is 0 Å². The summed E-state index contributed by atoms with van der Waals surface area (Å²) in [5.74, 6) is 2.79. The molecule has 72 valence electrons. The molecular weight excluding hydrogens is 144 g/mol. The molecule has 2 atom stereocenters. The first-order valence-electron chi connectivity index (χ1n) is 5.43. The summed E-state index contributed by atoms with van der Waals surface area (Å²) in [6.07, 6.45) is 4.34. The maximum Gasteiger partial charge on any atom is -0.0326 e. The van der Waals surface area contributed by atoms with Gasteiger partial charge in [-0.2, -0.15) is 0 Å². The van der Waals surface area contributed by atoms with Gasteiger partial charge in [-0.25, -0.2) is 0 Å². The minimum absolute atomic E-state index is 0.590. The van der Waals surface area contributed by atoms with Crippen molar-refractivity contribution in [3.05, 3.63) is 0 Å². The van der Waals surface area contributed by atoms with Gasteiger partial charge in [-0.05, 0) is 42.4 Å². The van der Waals surface area contributed by atoms with Gasteiger partial charge in [0.2, 0.25) is 0 Å². The number of rotatable bonds is 1. The fraction of sp³-hybridized carbons (Fsp3) is 1.00. The van der Waals surface area contributed by atoms with Gasteiger partial charge >= 0.3 is 0 Å². The van der Waals surface area contributed by atoms with Gasteiger partial charge in [0.15, 0.2) is 0 Å². The fourth-order valence-electron chi connectivity index (χ4n) is 2.40. The molecule has 0 aromatic rings. The Kier molecular flexibility index (Phi) is 2.85. The molecule has 0 aliphatic heterocycles. The Hall–Kier alpha value is 0. The summed E-state index contributed by atoms with van der Waals surface area (Å²) in [7, 11) is 0. The fourth-order valence-corrected chi connectivity index (χ4v) is 2.40. The highest BCUT2D eigenvalue weighted by atomic mass is 14.4. The Labute approximate surface area is 77.7 Å². The summed E-state index contributed by atoms with van der Waals surface area (Å²) in [5.41, 5.74) is 0.590. The molecule has 1 rings (SSSR count). The molecule has 0 aromatic carbocycles. The Morgan fingerprint density at radius 3 is 2.17 bits per heavy atom. The third kappa shape index (κ3) is 2.02. The van der Waals surface area contributed by atoms with Crippen LogP contribution in [0.4, 0.5) is 0 Å². The first-order valence-corrected chi connectivity index (χ1v) is 5.43. The molecule has 0 amide bonds. The zero-order valence-electron chi connectivity index (χ0n) is 9.35. The molecule has 0 aromatic heterocycles. The lowest BCUT2D eigenvalue weighted by atomic mass is 9.63. The van der Waals surface area contributed by atoms with Crippen LogP contribution in [0.3, 0.4) is 0 Å². The van der Waals surface area contributed by atoms with E-state index in [-0.39, 0.29) is 0 Å². The first kappa shape index (κ1) is 10.1. The quantitative estimate of drug-likeness (QED) is 0.553. The standard InChI is InChI=1S/C12H24/c1-9(2)11-7-6-10(3)12(4,5)8-11/h9-11H,6-8H2,1-5H3. The molecule has 0 bridgehead atoms. The van der Waals surface area contributed by atoms with Gasteiger partial charge in [0.1, 0.15) is 0 Å². The van der Waals surface area contributed by atoms with Crippen molar-refractivity contribution in [1.29, 1.82) is 0 Å². The average Bonchev–Trinajstić information content (AvgIpc) is 1.94. The third-order valence-electron chi connectivity index (χ3n) is 4.04. The van der Waals surface area contributed by atoms with Crippen LogP contribution < -0.4 is 0 Å². The van der Waals surface area contributed by atoms with E-state index < -0.39 is 0 Å². The van der Waals surface area contributed by atoms with E-state index in [4.69, 9.17) is 0 Å². The highest BCUT2D eigenvalue weighted by Crippen LogP contribution is 2.45. The highest BCUT2D eigenvalue weighted by molar-refractivity contribution is 4.85. The van der Waals surface area contributed by atoms with Gasteiger partial charge in [0, 0.05) is 0 Å².